The van der Waals surface area contributed by atoms with Crippen molar-refractivity contribution in [3.8, 4) is 5.69 Å². The van der Waals surface area contributed by atoms with E-state index >= 15 is 0 Å². The van der Waals surface area contributed by atoms with Crippen molar-refractivity contribution in [1.82, 2.24) is 9.78 Å². The van der Waals surface area contributed by atoms with Gasteiger partial charge in [-0.2, -0.15) is 5.10 Å². The Hall–Kier alpha value is -1.32. The van der Waals surface area contributed by atoms with Crippen LogP contribution >= 0.6 is 11.6 Å². The van der Waals surface area contributed by atoms with Gasteiger partial charge in [-0.15, -0.1) is 0 Å². The van der Waals surface area contributed by atoms with Crippen LogP contribution in [-0.2, 0) is 6.42 Å². The lowest BCUT2D eigenvalue weighted by atomic mass is 10.0. The molecule has 0 aliphatic rings. The van der Waals surface area contributed by atoms with E-state index in [0.717, 1.165) is 24.2 Å². The normalized spacial score (nSPS) is 12.7. The molecule has 1 heterocycles. The van der Waals surface area contributed by atoms with E-state index in [1.165, 1.54) is 5.56 Å². The van der Waals surface area contributed by atoms with Crippen molar-refractivity contribution < 1.29 is 0 Å². The minimum atomic E-state index is 0.179. The largest absolute Gasteiger partial charge is 0.327 e. The predicted molar refractivity (Wildman–Crippen MR) is 75.3 cm³/mol. The summed E-state index contributed by atoms with van der Waals surface area (Å²) in [7, 11) is 0. The molecule has 2 rings (SSSR count). The fourth-order valence-corrected chi connectivity index (χ4v) is 2.03. The quantitative estimate of drug-likeness (QED) is 0.921. The zero-order chi connectivity index (χ0) is 13.1. The first-order valence-electron chi connectivity index (χ1n) is 6.17. The number of para-hydroxylation sites is 1. The molecule has 2 aromatic rings. The molecule has 2 N–H and O–H groups in total. The second-order valence-electron chi connectivity index (χ2n) is 4.51. The Morgan fingerprint density at radius 2 is 2.11 bits per heavy atom. The first-order valence-corrected chi connectivity index (χ1v) is 6.55. The molecular weight excluding hydrogens is 246 g/mol. The highest BCUT2D eigenvalue weighted by Crippen LogP contribution is 2.20. The molecule has 1 aromatic heterocycles. The molecule has 0 spiro atoms. The van der Waals surface area contributed by atoms with Crippen LogP contribution in [0.25, 0.3) is 5.69 Å². The van der Waals surface area contributed by atoms with Crippen LogP contribution in [0.5, 0.6) is 0 Å². The minimum absolute atomic E-state index is 0.179. The molecule has 0 aliphatic heterocycles. The standard InChI is InChI=1S/C14H18ClN3/c1-3-12(16)8-11-6-4-5-7-14(11)18-9-13(15)10(2)17-18/h4-7,9,12H,3,8,16H2,1-2H3. The van der Waals surface area contributed by atoms with Crippen molar-refractivity contribution in [3.05, 3.63) is 46.7 Å². The van der Waals surface area contributed by atoms with Crippen molar-refractivity contribution >= 4 is 11.6 Å². The van der Waals surface area contributed by atoms with E-state index in [9.17, 15) is 0 Å². The second kappa shape index (κ2) is 5.55. The molecule has 18 heavy (non-hydrogen) atoms. The number of benzene rings is 1. The van der Waals surface area contributed by atoms with E-state index in [1.54, 1.807) is 0 Å². The van der Waals surface area contributed by atoms with Gasteiger partial charge >= 0.3 is 0 Å². The number of hydrogen-bond donors (Lipinski definition) is 1. The fraction of sp³-hybridized carbons (Fsp3) is 0.357. The van der Waals surface area contributed by atoms with Crippen LogP contribution in [0.1, 0.15) is 24.6 Å². The summed E-state index contributed by atoms with van der Waals surface area (Å²) in [5, 5.41) is 5.10. The van der Waals surface area contributed by atoms with Gasteiger partial charge in [-0.3, -0.25) is 0 Å². The number of rotatable bonds is 4. The highest BCUT2D eigenvalue weighted by Gasteiger charge is 2.10. The highest BCUT2D eigenvalue weighted by atomic mass is 35.5. The number of nitrogens with two attached hydrogens (primary N) is 1. The molecule has 4 heteroatoms. The van der Waals surface area contributed by atoms with Gasteiger partial charge in [0.2, 0.25) is 0 Å². The molecule has 1 aromatic carbocycles. The van der Waals surface area contributed by atoms with Crippen LogP contribution in [-0.4, -0.2) is 15.8 Å². The summed E-state index contributed by atoms with van der Waals surface area (Å²) >= 11 is 6.06. The SMILES string of the molecule is CCC(N)Cc1ccccc1-n1cc(Cl)c(C)n1. The number of halogens is 1. The topological polar surface area (TPSA) is 43.8 Å². The van der Waals surface area contributed by atoms with E-state index in [1.807, 2.05) is 36.0 Å². The highest BCUT2D eigenvalue weighted by molar-refractivity contribution is 6.31. The van der Waals surface area contributed by atoms with Gasteiger partial charge in [0.15, 0.2) is 0 Å². The average Bonchev–Trinajstić information content (AvgIpc) is 2.70. The van der Waals surface area contributed by atoms with Gasteiger partial charge in [0, 0.05) is 12.2 Å². The average molecular weight is 264 g/mol. The lowest BCUT2D eigenvalue weighted by molar-refractivity contribution is 0.642. The van der Waals surface area contributed by atoms with Crippen molar-refractivity contribution in [2.45, 2.75) is 32.7 Å². The molecule has 96 valence electrons. The lowest BCUT2D eigenvalue weighted by Gasteiger charge is -2.13. The van der Waals surface area contributed by atoms with E-state index in [0.29, 0.717) is 5.02 Å². The molecule has 0 fully saturated rings. The monoisotopic (exact) mass is 263 g/mol. The Balaban J connectivity index is 2.38. The number of aryl methyl sites for hydroxylation is 1. The van der Waals surface area contributed by atoms with Crippen LogP contribution in [0, 0.1) is 6.92 Å². The van der Waals surface area contributed by atoms with Crippen molar-refractivity contribution in [2.24, 2.45) is 5.73 Å². The summed E-state index contributed by atoms with van der Waals surface area (Å²) in [5.74, 6) is 0. The van der Waals surface area contributed by atoms with Crippen molar-refractivity contribution in [2.75, 3.05) is 0 Å². The molecule has 0 radical (unpaired) electrons. The van der Waals surface area contributed by atoms with Crippen LogP contribution < -0.4 is 5.73 Å². The van der Waals surface area contributed by atoms with Gasteiger partial charge < -0.3 is 5.73 Å². The molecule has 0 amide bonds. The van der Waals surface area contributed by atoms with Gasteiger partial charge in [0.1, 0.15) is 0 Å². The third kappa shape index (κ3) is 2.74. The third-order valence-electron chi connectivity index (χ3n) is 3.08. The van der Waals surface area contributed by atoms with Crippen molar-refractivity contribution in [3.63, 3.8) is 0 Å². The summed E-state index contributed by atoms with van der Waals surface area (Å²) in [6.07, 6.45) is 3.66. The number of hydrogen-bond acceptors (Lipinski definition) is 2. The lowest BCUT2D eigenvalue weighted by Crippen LogP contribution is -2.22. The van der Waals surface area contributed by atoms with Gasteiger partial charge in [0.05, 0.1) is 16.4 Å². The summed E-state index contributed by atoms with van der Waals surface area (Å²) in [4.78, 5) is 0. The molecule has 0 saturated heterocycles. The molecule has 0 bridgehead atoms. The Labute approximate surface area is 113 Å². The number of aromatic nitrogens is 2. The number of nitrogens with zero attached hydrogens (tertiary/aromatic N) is 2. The zero-order valence-corrected chi connectivity index (χ0v) is 11.5. The maximum atomic E-state index is 6.06. The molecule has 0 aliphatic carbocycles. The third-order valence-corrected chi connectivity index (χ3v) is 3.46. The first kappa shape index (κ1) is 13.1. The van der Waals surface area contributed by atoms with Crippen LogP contribution in [0.3, 0.4) is 0 Å². The van der Waals surface area contributed by atoms with Gasteiger partial charge in [-0.1, -0.05) is 36.7 Å². The Kier molecular flexibility index (Phi) is 4.04. The molecule has 3 nitrogen and oxygen atoms in total. The van der Waals surface area contributed by atoms with Crippen LogP contribution in [0.2, 0.25) is 5.02 Å². The Morgan fingerprint density at radius 3 is 2.72 bits per heavy atom. The van der Waals surface area contributed by atoms with Crippen LogP contribution in [0.15, 0.2) is 30.5 Å². The fourth-order valence-electron chi connectivity index (χ4n) is 1.90. The second-order valence-corrected chi connectivity index (χ2v) is 4.92. The molecular formula is C14H18ClN3. The van der Waals surface area contributed by atoms with Crippen LogP contribution in [0.4, 0.5) is 0 Å². The van der Waals surface area contributed by atoms with E-state index in [-0.39, 0.29) is 6.04 Å². The summed E-state index contributed by atoms with van der Waals surface area (Å²) in [6, 6.07) is 8.34. The van der Waals surface area contributed by atoms with E-state index in [2.05, 4.69) is 18.1 Å². The maximum Gasteiger partial charge on any atom is 0.0819 e. The first-order chi connectivity index (χ1) is 8.61. The minimum Gasteiger partial charge on any atom is -0.327 e. The summed E-state index contributed by atoms with van der Waals surface area (Å²) in [6.45, 7) is 4.00. The van der Waals surface area contributed by atoms with Gasteiger partial charge in [0.25, 0.3) is 0 Å². The summed E-state index contributed by atoms with van der Waals surface area (Å²) < 4.78 is 1.83. The van der Waals surface area contributed by atoms with Crippen molar-refractivity contribution in [1.29, 1.82) is 0 Å². The predicted octanol–water partition coefficient (Wildman–Crippen LogP) is 3.11. The van der Waals surface area contributed by atoms with E-state index in [4.69, 9.17) is 17.3 Å². The van der Waals surface area contributed by atoms with Gasteiger partial charge in [-0.05, 0) is 31.4 Å². The Morgan fingerprint density at radius 1 is 1.39 bits per heavy atom. The maximum absolute atomic E-state index is 6.06. The molecule has 1 atom stereocenters. The summed E-state index contributed by atoms with van der Waals surface area (Å²) in [5.41, 5.74) is 9.12. The van der Waals surface area contributed by atoms with E-state index < -0.39 is 0 Å². The Bertz CT molecular complexity index is 514. The smallest absolute Gasteiger partial charge is 0.0819 e. The zero-order valence-electron chi connectivity index (χ0n) is 10.7. The molecule has 1 unspecified atom stereocenters. The molecule has 0 saturated carbocycles. The van der Waals surface area contributed by atoms with Gasteiger partial charge in [-0.25, -0.2) is 4.68 Å².